The molecule has 0 saturated carbocycles. The highest BCUT2D eigenvalue weighted by Crippen LogP contribution is 2.44. The quantitative estimate of drug-likeness (QED) is 0.522. The summed E-state index contributed by atoms with van der Waals surface area (Å²) in [5.74, 6) is -2.74. The molecule has 1 aliphatic heterocycles. The second-order valence-corrected chi connectivity index (χ2v) is 7.50. The molecule has 3 rings (SSSR count). The molecular formula is C16H12ClF3N2O2S2. The fourth-order valence-corrected chi connectivity index (χ4v) is 3.97. The van der Waals surface area contributed by atoms with E-state index in [2.05, 4.69) is 5.32 Å². The van der Waals surface area contributed by atoms with Crippen LogP contribution in [0.5, 0.6) is 0 Å². The fourth-order valence-electron chi connectivity index (χ4n) is 2.86. The summed E-state index contributed by atoms with van der Waals surface area (Å²) in [4.78, 5) is 13.0. The predicted octanol–water partition coefficient (Wildman–Crippen LogP) is 3.67. The summed E-state index contributed by atoms with van der Waals surface area (Å²) in [6.45, 7) is 0. The number of halogens is 4. The van der Waals surface area contributed by atoms with E-state index in [4.69, 9.17) is 23.8 Å². The minimum atomic E-state index is -5.14. The molecule has 138 valence electrons. The number of thiophene rings is 1. The lowest BCUT2D eigenvalue weighted by atomic mass is 9.79. The number of benzene rings is 1. The van der Waals surface area contributed by atoms with Crippen molar-refractivity contribution in [2.75, 3.05) is 0 Å². The van der Waals surface area contributed by atoms with Crippen LogP contribution >= 0.6 is 35.2 Å². The summed E-state index contributed by atoms with van der Waals surface area (Å²) in [6.07, 6.45) is -5.14. The molecule has 0 bridgehead atoms. The average molecular weight is 421 g/mol. The first-order valence-corrected chi connectivity index (χ1v) is 9.01. The van der Waals surface area contributed by atoms with Gasteiger partial charge >= 0.3 is 6.18 Å². The van der Waals surface area contributed by atoms with Crippen molar-refractivity contribution < 1.29 is 23.1 Å². The Hall–Kier alpha value is -1.68. The third kappa shape index (κ3) is 3.32. The van der Waals surface area contributed by atoms with Crippen LogP contribution in [0.15, 0.2) is 41.8 Å². The summed E-state index contributed by atoms with van der Waals surface area (Å²) in [7, 11) is 0. The summed E-state index contributed by atoms with van der Waals surface area (Å²) in [5, 5.41) is 16.6. The Morgan fingerprint density at radius 1 is 1.27 bits per heavy atom. The molecule has 4 nitrogen and oxygen atoms in total. The lowest BCUT2D eigenvalue weighted by Crippen LogP contribution is -2.72. The molecule has 0 amide bonds. The molecule has 3 N–H and O–H groups in total. The minimum absolute atomic E-state index is 0.105. The monoisotopic (exact) mass is 420 g/mol. The van der Waals surface area contributed by atoms with Crippen LogP contribution in [0.4, 0.5) is 13.2 Å². The van der Waals surface area contributed by atoms with E-state index in [9.17, 15) is 23.1 Å². The van der Waals surface area contributed by atoms with Crippen LogP contribution in [-0.2, 0) is 0 Å². The van der Waals surface area contributed by atoms with Gasteiger partial charge < -0.3 is 15.7 Å². The molecule has 0 radical (unpaired) electrons. The minimum Gasteiger partial charge on any atom is -0.363 e. The maximum absolute atomic E-state index is 13.7. The smallest absolute Gasteiger partial charge is 0.363 e. The third-order valence-corrected chi connectivity index (χ3v) is 5.44. The Morgan fingerprint density at radius 3 is 2.46 bits per heavy atom. The van der Waals surface area contributed by atoms with Gasteiger partial charge in [0.05, 0.1) is 10.9 Å². The third-order valence-electron chi connectivity index (χ3n) is 4.08. The SMILES string of the molecule is O=C(c1cccs1)[C@@H]1[C@H](c2ccc(Cl)cc2)NC(=S)N[C@]1(O)C(F)(F)F. The molecule has 3 atom stereocenters. The van der Waals surface area contributed by atoms with Crippen molar-refractivity contribution in [2.45, 2.75) is 17.9 Å². The molecule has 26 heavy (non-hydrogen) atoms. The van der Waals surface area contributed by atoms with E-state index in [1.807, 2.05) is 5.32 Å². The molecule has 1 fully saturated rings. The number of hydrogen-bond acceptors (Lipinski definition) is 4. The van der Waals surface area contributed by atoms with Crippen LogP contribution in [-0.4, -0.2) is 27.9 Å². The maximum atomic E-state index is 13.7. The molecule has 0 aliphatic carbocycles. The summed E-state index contributed by atoms with van der Waals surface area (Å²) in [6, 6.07) is 7.72. The standard InChI is InChI=1S/C16H12ClF3N2O2S2/c17-9-5-3-8(4-6-9)12-11(13(23)10-2-1-7-26-10)15(24,16(18,19)20)22-14(25)21-12/h1-7,11-12,24H,(H2,21,22,25)/t11-,12-,15+/m0/s1. The van der Waals surface area contributed by atoms with Gasteiger partial charge in [-0.3, -0.25) is 4.79 Å². The van der Waals surface area contributed by atoms with E-state index in [0.29, 0.717) is 10.6 Å². The molecule has 2 heterocycles. The van der Waals surface area contributed by atoms with Crippen LogP contribution in [0.25, 0.3) is 0 Å². The molecule has 1 saturated heterocycles. The van der Waals surface area contributed by atoms with Gasteiger partial charge in [0.15, 0.2) is 10.9 Å². The van der Waals surface area contributed by atoms with Gasteiger partial charge in [-0.2, -0.15) is 13.2 Å². The topological polar surface area (TPSA) is 61.4 Å². The maximum Gasteiger partial charge on any atom is 0.437 e. The van der Waals surface area contributed by atoms with Gasteiger partial charge in [0.2, 0.25) is 5.72 Å². The van der Waals surface area contributed by atoms with Crippen molar-refractivity contribution in [1.82, 2.24) is 10.6 Å². The lowest BCUT2D eigenvalue weighted by molar-refractivity contribution is -0.285. The molecule has 1 aromatic carbocycles. The molecule has 10 heteroatoms. The number of Topliss-reactive ketones (excluding diaryl/α,β-unsaturated/α-hetero) is 1. The number of ketones is 1. The number of alkyl halides is 3. The largest absolute Gasteiger partial charge is 0.437 e. The predicted molar refractivity (Wildman–Crippen MR) is 96.2 cm³/mol. The highest BCUT2D eigenvalue weighted by atomic mass is 35.5. The van der Waals surface area contributed by atoms with Crippen molar-refractivity contribution in [3.8, 4) is 0 Å². The average Bonchev–Trinajstić information content (AvgIpc) is 3.08. The molecule has 0 spiro atoms. The van der Waals surface area contributed by atoms with Crippen LogP contribution in [0.1, 0.15) is 21.3 Å². The number of carbonyl (C=O) groups is 1. The van der Waals surface area contributed by atoms with Crippen molar-refractivity contribution in [3.63, 3.8) is 0 Å². The zero-order valence-corrected chi connectivity index (χ0v) is 15.3. The summed E-state index contributed by atoms with van der Waals surface area (Å²) in [5.41, 5.74) is -3.17. The number of rotatable bonds is 3. The van der Waals surface area contributed by atoms with Crippen molar-refractivity contribution in [1.29, 1.82) is 0 Å². The Labute approximate surface area is 161 Å². The zero-order chi connectivity index (χ0) is 19.1. The molecule has 1 aliphatic rings. The highest BCUT2D eigenvalue weighted by molar-refractivity contribution is 7.80. The number of aliphatic hydroxyl groups is 1. The van der Waals surface area contributed by atoms with E-state index in [-0.39, 0.29) is 4.88 Å². The Kier molecular flexibility index (Phi) is 5.00. The molecule has 1 aromatic heterocycles. The van der Waals surface area contributed by atoms with Crippen molar-refractivity contribution in [3.05, 3.63) is 57.2 Å². The molecular weight excluding hydrogens is 409 g/mol. The van der Waals surface area contributed by atoms with Gasteiger partial charge in [0.1, 0.15) is 5.92 Å². The fraction of sp³-hybridized carbons (Fsp3) is 0.250. The first-order valence-electron chi connectivity index (χ1n) is 7.34. The Balaban J connectivity index is 2.14. The number of nitrogens with one attached hydrogen (secondary N) is 2. The van der Waals surface area contributed by atoms with Gasteiger partial charge in [-0.25, -0.2) is 0 Å². The van der Waals surface area contributed by atoms with Crippen LogP contribution in [0, 0.1) is 5.92 Å². The van der Waals surface area contributed by atoms with E-state index in [1.54, 1.807) is 11.4 Å². The summed E-state index contributed by atoms with van der Waals surface area (Å²) >= 11 is 11.7. The van der Waals surface area contributed by atoms with E-state index in [1.165, 1.54) is 30.3 Å². The van der Waals surface area contributed by atoms with Gasteiger partial charge in [-0.15, -0.1) is 11.3 Å². The van der Waals surface area contributed by atoms with Crippen LogP contribution in [0.2, 0.25) is 5.02 Å². The second-order valence-electron chi connectivity index (χ2n) is 5.71. The first-order chi connectivity index (χ1) is 12.1. The second kappa shape index (κ2) is 6.80. The first kappa shape index (κ1) is 19.1. The van der Waals surface area contributed by atoms with Crippen molar-refractivity contribution in [2.24, 2.45) is 5.92 Å². The normalized spacial score (nSPS) is 26.1. The Bertz CT molecular complexity index is 827. The van der Waals surface area contributed by atoms with Gasteiger partial charge in [-0.05, 0) is 41.4 Å². The number of hydrogen-bond donors (Lipinski definition) is 3. The van der Waals surface area contributed by atoms with E-state index < -0.39 is 34.8 Å². The van der Waals surface area contributed by atoms with Crippen LogP contribution < -0.4 is 10.6 Å². The highest BCUT2D eigenvalue weighted by Gasteiger charge is 2.65. The Morgan fingerprint density at radius 2 is 1.92 bits per heavy atom. The van der Waals surface area contributed by atoms with Gasteiger partial charge in [0, 0.05) is 5.02 Å². The lowest BCUT2D eigenvalue weighted by Gasteiger charge is -2.46. The van der Waals surface area contributed by atoms with Crippen molar-refractivity contribution >= 4 is 46.1 Å². The van der Waals surface area contributed by atoms with E-state index in [0.717, 1.165) is 11.3 Å². The summed E-state index contributed by atoms with van der Waals surface area (Å²) < 4.78 is 41.2. The van der Waals surface area contributed by atoms with Gasteiger partial charge in [-0.1, -0.05) is 29.8 Å². The molecule has 2 aromatic rings. The molecule has 0 unspecified atom stereocenters. The number of thiocarbonyl (C=S) groups is 1. The number of carbonyl (C=O) groups excluding carboxylic acids is 1. The van der Waals surface area contributed by atoms with Crippen LogP contribution in [0.3, 0.4) is 0 Å². The van der Waals surface area contributed by atoms with E-state index >= 15 is 0 Å². The van der Waals surface area contributed by atoms with Gasteiger partial charge in [0.25, 0.3) is 0 Å². The zero-order valence-electron chi connectivity index (χ0n) is 12.9.